The normalized spacial score (nSPS) is 21.0. The molecule has 0 amide bonds. The maximum absolute atomic E-state index is 11.3. The number of rotatable bonds is 38. The van der Waals surface area contributed by atoms with Crippen LogP contribution in [0.25, 0.3) is 0 Å². The first-order chi connectivity index (χ1) is 56.1. The van der Waals surface area contributed by atoms with Crippen molar-refractivity contribution < 1.29 is 62.1 Å². The highest BCUT2D eigenvalue weighted by Gasteiger charge is 2.32. The number of aliphatic hydroxyl groups is 1. The van der Waals surface area contributed by atoms with E-state index >= 15 is 0 Å². The molecule has 0 spiro atoms. The van der Waals surface area contributed by atoms with Crippen LogP contribution in [0.15, 0.2) is 12.7 Å². The first-order valence-corrected chi connectivity index (χ1v) is 47.8. The third kappa shape index (κ3) is 66.8. The third-order valence-corrected chi connectivity index (χ3v) is 22.3. The second kappa shape index (κ2) is 69.4. The van der Waals surface area contributed by atoms with Crippen LogP contribution < -0.4 is 0 Å². The number of hydrogen-bond acceptors (Lipinski definition) is 23. The van der Waals surface area contributed by atoms with E-state index in [1.54, 1.807) is 11.0 Å². The molecule has 24 nitrogen and oxygen atoms in total. The number of nitrogens with zero attached hydrogens (tertiary/aromatic N) is 11. The minimum Gasteiger partial charge on any atom is -0.463 e. The van der Waals surface area contributed by atoms with Gasteiger partial charge in [0, 0.05) is 130 Å². The number of piperazine rings is 1. The molecule has 0 bridgehead atoms. The average Bonchev–Trinajstić information content (AvgIpc) is 0.999. The quantitative estimate of drug-likeness (QED) is 0.0483. The first-order valence-electron chi connectivity index (χ1n) is 47.8. The van der Waals surface area contributed by atoms with Gasteiger partial charge in [-0.3, -0.25) is 33.9 Å². The minimum atomic E-state index is -0.513. The molecule has 0 saturated carbocycles. The molecule has 1 aromatic rings. The van der Waals surface area contributed by atoms with Gasteiger partial charge in [-0.1, -0.05) is 41.5 Å². The summed E-state index contributed by atoms with van der Waals surface area (Å²) < 4.78 is 56.4. The highest BCUT2D eigenvalue weighted by Crippen LogP contribution is 2.34. The number of carbonyl (C=O) groups is 2. The van der Waals surface area contributed by atoms with E-state index in [-0.39, 0.29) is 31.6 Å². The summed E-state index contributed by atoms with van der Waals surface area (Å²) in [5, 5.41) is 13.9. The van der Waals surface area contributed by atoms with Crippen LogP contribution in [-0.2, 0) is 63.5 Å². The van der Waals surface area contributed by atoms with Gasteiger partial charge in [0.05, 0.1) is 105 Å². The number of carbonyl (C=O) groups excluding carboxylic acids is 2. The monoisotopic (exact) mass is 1710 g/mol. The lowest BCUT2D eigenvalue weighted by Crippen LogP contribution is -2.49. The van der Waals surface area contributed by atoms with Crippen molar-refractivity contribution in [2.24, 2.45) is 23.2 Å². The fourth-order valence-electron chi connectivity index (χ4n) is 15.5. The van der Waals surface area contributed by atoms with Gasteiger partial charge in [0.1, 0.15) is 12.7 Å². The highest BCUT2D eigenvalue weighted by molar-refractivity contribution is 5.69. The molecule has 8 heterocycles. The van der Waals surface area contributed by atoms with Gasteiger partial charge >= 0.3 is 11.9 Å². The van der Waals surface area contributed by atoms with Crippen LogP contribution in [0.4, 0.5) is 0 Å². The average molecular weight is 1710 g/mol. The molecule has 120 heavy (non-hydrogen) atoms. The molecule has 8 rings (SSSR count). The molecule has 7 saturated heterocycles. The number of esters is 2. The summed E-state index contributed by atoms with van der Waals surface area (Å²) in [6.07, 6.45) is 23.4. The van der Waals surface area contributed by atoms with Gasteiger partial charge in [0.25, 0.3) is 0 Å². The molecule has 7 aliphatic heterocycles. The molecular weight excluding hydrogens is 1520 g/mol. The lowest BCUT2D eigenvalue weighted by Gasteiger charge is -2.38. The maximum Gasteiger partial charge on any atom is 0.306 e. The summed E-state index contributed by atoms with van der Waals surface area (Å²) in [5.74, 6) is 2.10. The Hall–Kier alpha value is -2.60. The van der Waals surface area contributed by atoms with E-state index in [2.05, 4.69) is 202 Å². The van der Waals surface area contributed by atoms with Crippen LogP contribution in [0.5, 0.6) is 0 Å². The Balaban J connectivity index is 0.00000135. The van der Waals surface area contributed by atoms with E-state index < -0.39 is 5.60 Å². The van der Waals surface area contributed by atoms with E-state index in [0.717, 1.165) is 149 Å². The highest BCUT2D eigenvalue weighted by atomic mass is 16.5. The second-order valence-electron chi connectivity index (χ2n) is 38.9. The summed E-state index contributed by atoms with van der Waals surface area (Å²) in [7, 11) is 0. The number of hydrogen-bond donors (Lipinski definition) is 1. The summed E-state index contributed by atoms with van der Waals surface area (Å²) >= 11 is 0. The Morgan fingerprint density at radius 1 is 0.383 bits per heavy atom. The standard InChI is InChI=1S/C15H31NO.C13H27NO2.C12H26N2O.C12H23NO2.C12H25NO.2C11H23NO2.C9H15N3O2.CH4/c1-13(2)17-12-6-9-16-10-7-14(8-11-16)15(3,4)5;1-11(2)16-10-9-14-7-5-12(6-8-14)13(3,4)15;1-11(2)14-7-5-13(6-8-14)9-10-15-12(3)4;1-11(2)15-12(14)7-6-10-13-8-4-3-5-9-13;1-11(2)14-10-4-7-13-8-5-12(3)6-9-13;2*1-9(2)13-6-5-12-7-10(3)14-11(4)8-12;1-8(2)14-9(13)4-3-5-12-7-10-6-11-12;/h13-14H,6-12H2,1-5H3;11-12,15H,5-10H2,1-4H3;11-12H,5-10H2,1-4H3;11H,3-10H2,1-2H3;11-12H,4-10H2,1-3H3;2*9-11H,5-8H2,1-4H3;6-8H,3-5H2,1-2H3;1H4/t;;;;;10-,11+;;;. The van der Waals surface area contributed by atoms with Gasteiger partial charge in [0.2, 0.25) is 0 Å². The smallest absolute Gasteiger partial charge is 0.306 e. The van der Waals surface area contributed by atoms with E-state index in [1.165, 1.54) is 143 Å². The van der Waals surface area contributed by atoms with Crippen molar-refractivity contribution in [3.05, 3.63) is 12.7 Å². The fraction of sp³-hybridized carbons (Fsp3) is 0.958. The Bertz CT molecular complexity index is 2410. The van der Waals surface area contributed by atoms with Crippen molar-refractivity contribution in [1.29, 1.82) is 0 Å². The first kappa shape index (κ1) is 117. The Morgan fingerprint density at radius 2 is 0.700 bits per heavy atom. The molecule has 2 unspecified atom stereocenters. The largest absolute Gasteiger partial charge is 0.463 e. The number of aromatic nitrogens is 3. The van der Waals surface area contributed by atoms with Crippen molar-refractivity contribution >= 4 is 11.9 Å². The van der Waals surface area contributed by atoms with E-state index in [4.69, 9.17) is 47.4 Å². The Labute approximate surface area is 739 Å². The van der Waals surface area contributed by atoms with Gasteiger partial charge in [-0.2, -0.15) is 5.10 Å². The molecule has 0 radical (unpaired) electrons. The van der Waals surface area contributed by atoms with Crippen molar-refractivity contribution in [1.82, 2.24) is 54.0 Å². The molecule has 4 atom stereocenters. The van der Waals surface area contributed by atoms with Crippen LogP contribution in [0.3, 0.4) is 0 Å². The Kier molecular flexibility index (Phi) is 67.9. The molecule has 1 N–H and O–H groups in total. The van der Waals surface area contributed by atoms with Crippen LogP contribution in [-0.4, -0.2) is 346 Å². The zero-order valence-corrected chi connectivity index (χ0v) is 82.5. The molecule has 7 aliphatic rings. The molecule has 7 fully saturated rings. The third-order valence-electron chi connectivity index (χ3n) is 22.3. The van der Waals surface area contributed by atoms with Crippen molar-refractivity contribution in [2.45, 2.75) is 389 Å². The number of aryl methyl sites for hydroxylation is 1. The number of piperidine rings is 4. The van der Waals surface area contributed by atoms with Gasteiger partial charge in [-0.25, -0.2) is 4.98 Å². The lowest BCUT2D eigenvalue weighted by molar-refractivity contribution is -0.148. The van der Waals surface area contributed by atoms with Crippen LogP contribution in [0.2, 0.25) is 0 Å². The number of ether oxygens (including phenoxy) is 10. The predicted molar refractivity (Wildman–Crippen MR) is 499 cm³/mol. The molecular formula is C96H197N11O13. The number of morpholine rings is 2. The fourth-order valence-corrected chi connectivity index (χ4v) is 15.5. The summed E-state index contributed by atoms with van der Waals surface area (Å²) in [6, 6.07) is 0.694. The summed E-state index contributed by atoms with van der Waals surface area (Å²) in [5.41, 5.74) is -0.0205. The number of likely N-dealkylation sites (tertiary alicyclic amines) is 4. The maximum atomic E-state index is 11.3. The second-order valence-corrected chi connectivity index (χ2v) is 38.9. The Morgan fingerprint density at radius 3 is 1.03 bits per heavy atom. The summed E-state index contributed by atoms with van der Waals surface area (Å²) in [6.45, 7) is 91.2. The van der Waals surface area contributed by atoms with Crippen LogP contribution in [0.1, 0.15) is 298 Å². The predicted octanol–water partition coefficient (Wildman–Crippen LogP) is 16.3. The SMILES string of the molecule is C.CC(C)OC(=O)CCCN1CCCCC1.CC(C)OC(=O)CCCn1cncn1.CC(C)OCCCN1CCC(C(C)(C)C)CC1.CC(C)OCCN1CC(C)OC(C)C1.CC(C)OCCN1CCC(C(C)(C)O)CC1.CC(C)OCCN1CCN(C(C)C)CC1.CC(C)OCCN1C[C@@H](C)O[C@@H](C)C1.CC1CCN(CCCOC(C)C)CC1. The van der Waals surface area contributed by atoms with E-state index in [0.29, 0.717) is 97.8 Å². The molecule has 0 aliphatic carbocycles. The minimum absolute atomic E-state index is 0. The zero-order chi connectivity index (χ0) is 89.3. The lowest BCUT2D eigenvalue weighted by atomic mass is 9.75. The van der Waals surface area contributed by atoms with Crippen LogP contribution >= 0.6 is 0 Å². The molecule has 0 aromatic carbocycles. The van der Waals surface area contributed by atoms with Gasteiger partial charge < -0.3 is 72.1 Å². The van der Waals surface area contributed by atoms with E-state index in [9.17, 15) is 14.7 Å². The van der Waals surface area contributed by atoms with Crippen molar-refractivity contribution in [2.75, 3.05) is 190 Å². The van der Waals surface area contributed by atoms with Crippen molar-refractivity contribution in [3.63, 3.8) is 0 Å². The topological polar surface area (TPSA) is 203 Å². The molecule has 714 valence electrons. The molecule has 24 heteroatoms. The van der Waals surface area contributed by atoms with E-state index in [1.807, 2.05) is 41.5 Å². The summed E-state index contributed by atoms with van der Waals surface area (Å²) in [4.78, 5) is 46.1. The van der Waals surface area contributed by atoms with Gasteiger partial charge in [-0.05, 0) is 325 Å². The van der Waals surface area contributed by atoms with Crippen molar-refractivity contribution in [3.8, 4) is 0 Å². The molecule has 1 aromatic heterocycles. The zero-order valence-electron chi connectivity index (χ0n) is 82.5. The van der Waals surface area contributed by atoms with Crippen LogP contribution in [0, 0.1) is 23.2 Å². The van der Waals surface area contributed by atoms with Gasteiger partial charge in [-0.15, -0.1) is 0 Å². The van der Waals surface area contributed by atoms with Gasteiger partial charge in [0.15, 0.2) is 0 Å².